The summed E-state index contributed by atoms with van der Waals surface area (Å²) in [5, 5.41) is 0. The number of ether oxygens (including phenoxy) is 2. The third-order valence-electron chi connectivity index (χ3n) is 4.49. The van der Waals surface area contributed by atoms with Gasteiger partial charge in [-0.2, -0.15) is 4.98 Å². The van der Waals surface area contributed by atoms with E-state index in [1.165, 1.54) is 0 Å². The van der Waals surface area contributed by atoms with E-state index in [-0.39, 0.29) is 12.1 Å². The van der Waals surface area contributed by atoms with E-state index in [0.717, 1.165) is 24.4 Å². The fraction of sp³-hybridized carbons (Fsp3) is 0.722. The van der Waals surface area contributed by atoms with Crippen LogP contribution >= 0.6 is 0 Å². The highest BCUT2D eigenvalue weighted by Crippen LogP contribution is 2.42. The van der Waals surface area contributed by atoms with E-state index >= 15 is 0 Å². The molecule has 2 fully saturated rings. The second-order valence-corrected chi connectivity index (χ2v) is 7.87. The lowest BCUT2D eigenvalue weighted by Crippen LogP contribution is -2.55. The first-order chi connectivity index (χ1) is 11.8. The molecule has 1 aromatic rings. The van der Waals surface area contributed by atoms with E-state index in [4.69, 9.17) is 9.47 Å². The minimum absolute atomic E-state index is 0.0412. The summed E-state index contributed by atoms with van der Waals surface area (Å²) >= 11 is 0. The molecule has 3 rings (SSSR count). The Bertz CT molecular complexity index is 640. The molecule has 7 nitrogen and oxygen atoms in total. The molecular formula is C18H28N4O3. The lowest BCUT2D eigenvalue weighted by Gasteiger charge is -2.40. The van der Waals surface area contributed by atoms with Crippen molar-refractivity contribution in [3.63, 3.8) is 0 Å². The number of carbonyl (C=O) groups excluding carboxylic acids is 1. The first kappa shape index (κ1) is 17.8. The van der Waals surface area contributed by atoms with Crippen molar-refractivity contribution < 1.29 is 14.3 Å². The lowest BCUT2D eigenvalue weighted by atomic mass is 10.2. The van der Waals surface area contributed by atoms with Gasteiger partial charge in [0.15, 0.2) is 5.82 Å². The molecule has 25 heavy (non-hydrogen) atoms. The van der Waals surface area contributed by atoms with E-state index < -0.39 is 5.60 Å². The molecule has 2 aliphatic rings. The molecule has 2 heterocycles. The minimum atomic E-state index is -0.481. The molecule has 0 N–H and O–H groups in total. The second kappa shape index (κ2) is 6.69. The zero-order chi connectivity index (χ0) is 18.2. The highest BCUT2D eigenvalue weighted by Gasteiger charge is 2.33. The maximum absolute atomic E-state index is 12.3. The molecule has 0 radical (unpaired) electrons. The van der Waals surface area contributed by atoms with Gasteiger partial charge in [0, 0.05) is 31.6 Å². The maximum atomic E-state index is 12.3. The van der Waals surface area contributed by atoms with E-state index in [1.807, 2.05) is 33.9 Å². The summed E-state index contributed by atoms with van der Waals surface area (Å²) < 4.78 is 10.9. The van der Waals surface area contributed by atoms with E-state index in [0.29, 0.717) is 31.4 Å². The average molecular weight is 348 g/mol. The number of hydrogen-bond donors (Lipinski definition) is 0. The summed E-state index contributed by atoms with van der Waals surface area (Å²) in [5.74, 6) is 1.93. The molecule has 0 spiro atoms. The predicted octanol–water partition coefficient (Wildman–Crippen LogP) is 2.81. The number of methoxy groups -OCH3 is 1. The van der Waals surface area contributed by atoms with Crippen molar-refractivity contribution in [2.45, 2.75) is 58.1 Å². The average Bonchev–Trinajstić information content (AvgIpc) is 3.37. The zero-order valence-electron chi connectivity index (χ0n) is 15.8. The third-order valence-corrected chi connectivity index (χ3v) is 4.49. The van der Waals surface area contributed by atoms with Gasteiger partial charge in [-0.15, -0.1) is 0 Å². The van der Waals surface area contributed by atoms with Crippen molar-refractivity contribution in [3.8, 4) is 5.88 Å². The topological polar surface area (TPSA) is 67.8 Å². The number of aromatic nitrogens is 2. The molecule has 1 saturated carbocycles. The van der Waals surface area contributed by atoms with Crippen LogP contribution in [0.1, 0.15) is 52.1 Å². The van der Waals surface area contributed by atoms with Crippen molar-refractivity contribution in [1.29, 1.82) is 0 Å². The Morgan fingerprint density at radius 1 is 1.28 bits per heavy atom. The van der Waals surface area contributed by atoms with Crippen LogP contribution in [0.2, 0.25) is 0 Å². The van der Waals surface area contributed by atoms with Gasteiger partial charge in [-0.25, -0.2) is 4.79 Å². The van der Waals surface area contributed by atoms with Gasteiger partial charge in [0.1, 0.15) is 11.3 Å². The van der Waals surface area contributed by atoms with E-state index in [9.17, 15) is 4.79 Å². The minimum Gasteiger partial charge on any atom is -0.480 e. The van der Waals surface area contributed by atoms with Crippen LogP contribution in [0.4, 0.5) is 10.6 Å². The van der Waals surface area contributed by atoms with Crippen LogP contribution in [-0.2, 0) is 4.74 Å². The summed E-state index contributed by atoms with van der Waals surface area (Å²) in [6, 6.07) is 0.0412. The first-order valence-corrected chi connectivity index (χ1v) is 8.94. The summed E-state index contributed by atoms with van der Waals surface area (Å²) in [4.78, 5) is 25.5. The van der Waals surface area contributed by atoms with Crippen LogP contribution in [0.5, 0.6) is 5.88 Å². The molecule has 138 valence electrons. The largest absolute Gasteiger partial charge is 0.480 e. The van der Waals surface area contributed by atoms with Gasteiger partial charge < -0.3 is 19.3 Å². The van der Waals surface area contributed by atoms with Crippen LogP contribution in [-0.4, -0.2) is 59.3 Å². The summed E-state index contributed by atoms with van der Waals surface area (Å²) in [6.45, 7) is 9.67. The Morgan fingerprint density at radius 3 is 2.56 bits per heavy atom. The van der Waals surface area contributed by atoms with Gasteiger partial charge >= 0.3 is 6.09 Å². The molecule has 1 aliphatic heterocycles. The molecule has 1 aliphatic carbocycles. The van der Waals surface area contributed by atoms with Crippen molar-refractivity contribution in [1.82, 2.24) is 14.9 Å². The summed E-state index contributed by atoms with van der Waals surface area (Å²) in [7, 11) is 1.64. The first-order valence-electron chi connectivity index (χ1n) is 8.94. The van der Waals surface area contributed by atoms with Crippen LogP contribution in [0.25, 0.3) is 0 Å². The summed E-state index contributed by atoms with van der Waals surface area (Å²) in [6.07, 6.45) is 3.89. The number of piperazine rings is 1. The van der Waals surface area contributed by atoms with Crippen molar-refractivity contribution in [2.24, 2.45) is 0 Å². The monoisotopic (exact) mass is 348 g/mol. The second-order valence-electron chi connectivity index (χ2n) is 7.87. The lowest BCUT2D eigenvalue weighted by molar-refractivity contribution is 0.0158. The molecule has 1 saturated heterocycles. The number of anilines is 1. The Hall–Kier alpha value is -2.05. The molecule has 1 amide bonds. The van der Waals surface area contributed by atoms with Gasteiger partial charge in [0.05, 0.1) is 13.3 Å². The SMILES string of the molecule is COc1nc(N2CCN(C(=O)OC(C)(C)C)[C@H](C)C2)cnc1C1CC1. The number of amides is 1. The molecule has 0 aromatic carbocycles. The zero-order valence-corrected chi connectivity index (χ0v) is 15.8. The number of carbonyl (C=O) groups is 1. The van der Waals surface area contributed by atoms with Crippen LogP contribution in [0.15, 0.2) is 6.20 Å². The van der Waals surface area contributed by atoms with Gasteiger partial charge in [-0.3, -0.25) is 4.98 Å². The highest BCUT2D eigenvalue weighted by molar-refractivity contribution is 5.69. The standard InChI is InChI=1S/C18H28N4O3/c1-12-11-21(8-9-22(12)17(23)25-18(2,3)4)14-10-19-15(13-6-7-13)16(20-14)24-5/h10,12-13H,6-9,11H2,1-5H3/t12-/m1/s1. The highest BCUT2D eigenvalue weighted by atomic mass is 16.6. The number of hydrogen-bond acceptors (Lipinski definition) is 6. The quantitative estimate of drug-likeness (QED) is 0.837. The summed E-state index contributed by atoms with van der Waals surface area (Å²) in [5.41, 5.74) is 0.484. The maximum Gasteiger partial charge on any atom is 0.410 e. The predicted molar refractivity (Wildman–Crippen MR) is 95.2 cm³/mol. The normalized spacial score (nSPS) is 21.2. The third kappa shape index (κ3) is 4.14. The Kier molecular flexibility index (Phi) is 4.75. The van der Waals surface area contributed by atoms with Crippen molar-refractivity contribution in [3.05, 3.63) is 11.9 Å². The fourth-order valence-corrected chi connectivity index (χ4v) is 3.07. The molecular weight excluding hydrogens is 320 g/mol. The molecule has 7 heteroatoms. The molecule has 1 atom stereocenters. The number of nitrogens with zero attached hydrogens (tertiary/aromatic N) is 4. The van der Waals surface area contributed by atoms with Gasteiger partial charge in [0.2, 0.25) is 5.88 Å². The van der Waals surface area contributed by atoms with Crippen molar-refractivity contribution in [2.75, 3.05) is 31.6 Å². The van der Waals surface area contributed by atoms with Gasteiger partial charge in [-0.1, -0.05) is 0 Å². The van der Waals surface area contributed by atoms with Crippen molar-refractivity contribution >= 4 is 11.9 Å². The van der Waals surface area contributed by atoms with Crippen LogP contribution < -0.4 is 9.64 Å². The van der Waals surface area contributed by atoms with Crippen LogP contribution in [0, 0.1) is 0 Å². The Labute approximate surface area is 149 Å². The number of rotatable bonds is 3. The van der Waals surface area contributed by atoms with E-state index in [1.54, 1.807) is 12.0 Å². The molecule has 1 aromatic heterocycles. The smallest absolute Gasteiger partial charge is 0.410 e. The fourth-order valence-electron chi connectivity index (χ4n) is 3.07. The Morgan fingerprint density at radius 2 is 2.00 bits per heavy atom. The molecule has 0 bridgehead atoms. The Balaban J connectivity index is 1.67. The van der Waals surface area contributed by atoms with E-state index in [2.05, 4.69) is 14.9 Å². The van der Waals surface area contributed by atoms with Gasteiger partial charge in [0.25, 0.3) is 0 Å². The van der Waals surface area contributed by atoms with Crippen LogP contribution in [0.3, 0.4) is 0 Å². The van der Waals surface area contributed by atoms with Gasteiger partial charge in [-0.05, 0) is 40.5 Å². The molecule has 0 unspecified atom stereocenters.